The number of carbonyl (C=O) groups excluding carboxylic acids is 1. The first-order chi connectivity index (χ1) is 11.5. The Labute approximate surface area is 149 Å². The summed E-state index contributed by atoms with van der Waals surface area (Å²) in [5.41, 5.74) is 3.01. The molecule has 24 heavy (non-hydrogen) atoms. The van der Waals surface area contributed by atoms with E-state index in [0.29, 0.717) is 6.54 Å². The molecule has 0 spiro atoms. The van der Waals surface area contributed by atoms with Crippen LogP contribution in [-0.4, -0.2) is 18.7 Å². The molecule has 6 heteroatoms. The van der Waals surface area contributed by atoms with Crippen LogP contribution in [0.1, 0.15) is 18.1 Å². The van der Waals surface area contributed by atoms with Crippen molar-refractivity contribution in [1.82, 2.24) is 5.32 Å². The highest BCUT2D eigenvalue weighted by Crippen LogP contribution is 2.32. The monoisotopic (exact) mass is 390 g/mol. The number of rotatable bonds is 5. The van der Waals surface area contributed by atoms with E-state index in [2.05, 4.69) is 26.6 Å². The lowest BCUT2D eigenvalue weighted by molar-refractivity contribution is -0.121. The van der Waals surface area contributed by atoms with Crippen molar-refractivity contribution in [2.45, 2.75) is 26.4 Å². The largest absolute Gasteiger partial charge is 0.454 e. The maximum Gasteiger partial charge on any atom is 0.242 e. The fourth-order valence-corrected chi connectivity index (χ4v) is 2.69. The molecule has 0 aromatic heterocycles. The minimum absolute atomic E-state index is 0.0618. The summed E-state index contributed by atoms with van der Waals surface area (Å²) in [4.78, 5) is 12.3. The van der Waals surface area contributed by atoms with E-state index in [4.69, 9.17) is 9.47 Å². The first-order valence-corrected chi connectivity index (χ1v) is 8.51. The highest BCUT2D eigenvalue weighted by molar-refractivity contribution is 9.10. The van der Waals surface area contributed by atoms with Gasteiger partial charge in [0.1, 0.15) is 6.04 Å². The van der Waals surface area contributed by atoms with Gasteiger partial charge >= 0.3 is 0 Å². The summed E-state index contributed by atoms with van der Waals surface area (Å²) >= 11 is 3.47. The van der Waals surface area contributed by atoms with Gasteiger partial charge in [0.15, 0.2) is 11.5 Å². The van der Waals surface area contributed by atoms with Gasteiger partial charge in [0, 0.05) is 16.7 Å². The Balaban J connectivity index is 1.55. The fraction of sp³-hybridized carbons (Fsp3) is 0.278. The molecule has 2 N–H and O–H groups in total. The maximum absolute atomic E-state index is 12.3. The Kier molecular flexibility index (Phi) is 4.94. The Morgan fingerprint density at radius 3 is 2.79 bits per heavy atom. The zero-order valence-electron chi connectivity index (χ0n) is 13.6. The van der Waals surface area contributed by atoms with E-state index in [1.807, 2.05) is 50.2 Å². The van der Waals surface area contributed by atoms with Gasteiger partial charge in [-0.05, 0) is 55.3 Å². The molecule has 0 saturated heterocycles. The maximum atomic E-state index is 12.3. The summed E-state index contributed by atoms with van der Waals surface area (Å²) < 4.78 is 11.7. The zero-order chi connectivity index (χ0) is 17.1. The smallest absolute Gasteiger partial charge is 0.242 e. The normalized spacial score (nSPS) is 13.5. The lowest BCUT2D eigenvalue weighted by Crippen LogP contribution is -2.37. The Hall–Kier alpha value is -2.21. The number of carbonyl (C=O) groups is 1. The van der Waals surface area contributed by atoms with Gasteiger partial charge in [-0.25, -0.2) is 0 Å². The van der Waals surface area contributed by atoms with Crippen molar-refractivity contribution >= 4 is 27.5 Å². The molecule has 0 aliphatic carbocycles. The van der Waals surface area contributed by atoms with E-state index < -0.39 is 0 Å². The highest BCUT2D eigenvalue weighted by atomic mass is 79.9. The van der Waals surface area contributed by atoms with Gasteiger partial charge in [0.05, 0.1) is 0 Å². The molecule has 2 aromatic rings. The molecule has 0 unspecified atom stereocenters. The van der Waals surface area contributed by atoms with Crippen LogP contribution in [0.25, 0.3) is 0 Å². The van der Waals surface area contributed by atoms with Crippen LogP contribution in [-0.2, 0) is 11.3 Å². The molecule has 0 fully saturated rings. The minimum Gasteiger partial charge on any atom is -0.454 e. The molecule has 126 valence electrons. The number of benzene rings is 2. The van der Waals surface area contributed by atoms with Crippen molar-refractivity contribution in [3.63, 3.8) is 0 Å². The molecule has 1 aliphatic heterocycles. The number of hydrogen-bond acceptors (Lipinski definition) is 4. The van der Waals surface area contributed by atoms with E-state index in [9.17, 15) is 4.79 Å². The number of nitrogens with one attached hydrogen (secondary N) is 2. The van der Waals surface area contributed by atoms with Crippen molar-refractivity contribution in [2.24, 2.45) is 0 Å². The summed E-state index contributed by atoms with van der Waals surface area (Å²) in [7, 11) is 0. The quantitative estimate of drug-likeness (QED) is 0.818. The summed E-state index contributed by atoms with van der Waals surface area (Å²) in [6, 6.07) is 11.2. The molecule has 3 rings (SSSR count). The lowest BCUT2D eigenvalue weighted by atomic mass is 10.2. The standard InChI is InChI=1S/C18H19BrN2O3/c1-11-7-14(4-5-15(11)19)21-12(2)18(22)20-9-13-3-6-16-17(8-13)24-10-23-16/h3-8,12,21H,9-10H2,1-2H3,(H,20,22)/t12-/m1/s1. The van der Waals surface area contributed by atoms with Crippen LogP contribution in [0.4, 0.5) is 5.69 Å². The second-order valence-electron chi connectivity index (χ2n) is 5.74. The molecule has 1 atom stereocenters. The molecule has 0 bridgehead atoms. The molecule has 1 amide bonds. The topological polar surface area (TPSA) is 59.6 Å². The van der Waals surface area contributed by atoms with E-state index >= 15 is 0 Å². The van der Waals surface area contributed by atoms with Crippen LogP contribution in [0.3, 0.4) is 0 Å². The number of hydrogen-bond donors (Lipinski definition) is 2. The molecular formula is C18H19BrN2O3. The Morgan fingerprint density at radius 1 is 1.21 bits per heavy atom. The number of fused-ring (bicyclic) bond motifs is 1. The van der Waals surface area contributed by atoms with E-state index in [0.717, 1.165) is 32.8 Å². The van der Waals surface area contributed by atoms with Crippen molar-refractivity contribution < 1.29 is 14.3 Å². The molecule has 2 aromatic carbocycles. The third-order valence-corrected chi connectivity index (χ3v) is 4.73. The van der Waals surface area contributed by atoms with Gasteiger partial charge in [-0.15, -0.1) is 0 Å². The first kappa shape index (κ1) is 16.6. The van der Waals surface area contributed by atoms with Gasteiger partial charge in [-0.1, -0.05) is 22.0 Å². The van der Waals surface area contributed by atoms with Gasteiger partial charge < -0.3 is 20.1 Å². The summed E-state index contributed by atoms with van der Waals surface area (Å²) in [5.74, 6) is 1.40. The van der Waals surface area contributed by atoms with E-state index in [1.54, 1.807) is 0 Å². The van der Waals surface area contributed by atoms with Crippen LogP contribution < -0.4 is 20.1 Å². The third kappa shape index (κ3) is 3.82. The number of anilines is 1. The van der Waals surface area contributed by atoms with Crippen LogP contribution in [0, 0.1) is 6.92 Å². The van der Waals surface area contributed by atoms with Gasteiger partial charge in [0.2, 0.25) is 12.7 Å². The van der Waals surface area contributed by atoms with Crippen molar-refractivity contribution in [3.05, 3.63) is 52.0 Å². The molecular weight excluding hydrogens is 372 g/mol. The van der Waals surface area contributed by atoms with Crippen molar-refractivity contribution in [1.29, 1.82) is 0 Å². The predicted molar refractivity (Wildman–Crippen MR) is 96.4 cm³/mol. The molecule has 0 saturated carbocycles. The number of halogens is 1. The van der Waals surface area contributed by atoms with Gasteiger partial charge in [-0.3, -0.25) is 4.79 Å². The van der Waals surface area contributed by atoms with E-state index in [1.165, 1.54) is 0 Å². The first-order valence-electron chi connectivity index (χ1n) is 7.72. The van der Waals surface area contributed by atoms with Crippen LogP contribution in [0.2, 0.25) is 0 Å². The molecule has 1 aliphatic rings. The summed E-state index contributed by atoms with van der Waals surface area (Å²) in [6.45, 7) is 4.55. The Bertz CT molecular complexity index is 764. The molecule has 5 nitrogen and oxygen atoms in total. The third-order valence-electron chi connectivity index (χ3n) is 3.84. The minimum atomic E-state index is -0.334. The Morgan fingerprint density at radius 2 is 2.00 bits per heavy atom. The molecule has 0 radical (unpaired) electrons. The van der Waals surface area contributed by atoms with Crippen molar-refractivity contribution in [3.8, 4) is 11.5 Å². The number of aryl methyl sites for hydroxylation is 1. The van der Waals surface area contributed by atoms with Crippen LogP contribution in [0.15, 0.2) is 40.9 Å². The van der Waals surface area contributed by atoms with E-state index in [-0.39, 0.29) is 18.7 Å². The van der Waals surface area contributed by atoms with Gasteiger partial charge in [-0.2, -0.15) is 0 Å². The van der Waals surface area contributed by atoms with Crippen molar-refractivity contribution in [2.75, 3.05) is 12.1 Å². The second-order valence-corrected chi connectivity index (χ2v) is 6.59. The summed E-state index contributed by atoms with van der Waals surface area (Å²) in [5, 5.41) is 6.14. The second kappa shape index (κ2) is 7.13. The SMILES string of the molecule is Cc1cc(N[C@H](C)C(=O)NCc2ccc3c(c2)OCO3)ccc1Br. The predicted octanol–water partition coefficient (Wildman–Crippen LogP) is 3.60. The van der Waals surface area contributed by atoms with Crippen LogP contribution in [0.5, 0.6) is 11.5 Å². The van der Waals surface area contributed by atoms with Gasteiger partial charge in [0.25, 0.3) is 0 Å². The fourth-order valence-electron chi connectivity index (χ4n) is 2.44. The lowest BCUT2D eigenvalue weighted by Gasteiger charge is -2.16. The molecule has 1 heterocycles. The van der Waals surface area contributed by atoms with Crippen LogP contribution >= 0.6 is 15.9 Å². The summed E-state index contributed by atoms with van der Waals surface area (Å²) in [6.07, 6.45) is 0. The number of ether oxygens (including phenoxy) is 2. The number of amides is 1. The zero-order valence-corrected chi connectivity index (χ0v) is 15.1. The average Bonchev–Trinajstić information content (AvgIpc) is 3.03. The average molecular weight is 391 g/mol. The highest BCUT2D eigenvalue weighted by Gasteiger charge is 2.15.